The molecule has 1 aromatic carbocycles. The molecule has 0 spiro atoms. The van der Waals surface area contributed by atoms with Crippen LogP contribution < -0.4 is 5.32 Å². The average Bonchev–Trinajstić information content (AvgIpc) is 2.24. The first-order chi connectivity index (χ1) is 8.28. The van der Waals surface area contributed by atoms with Gasteiger partial charge in [0.15, 0.2) is 0 Å². The molecule has 0 saturated carbocycles. The summed E-state index contributed by atoms with van der Waals surface area (Å²) >= 11 is 6.09. The van der Waals surface area contributed by atoms with Crippen LogP contribution in [0, 0.1) is 6.92 Å². The number of anilines is 1. The molecule has 0 fully saturated rings. The summed E-state index contributed by atoms with van der Waals surface area (Å²) in [5.41, 5.74) is 1.71. The third kappa shape index (κ3) is 5.71. The van der Waals surface area contributed by atoms with Crippen molar-refractivity contribution >= 4 is 17.3 Å². The molecular weight excluding hydrogens is 250 g/mol. The normalized spacial score (nSPS) is 13.4. The lowest BCUT2D eigenvalue weighted by molar-refractivity contribution is -0.0449. The van der Waals surface area contributed by atoms with E-state index in [4.69, 9.17) is 16.3 Å². The highest BCUT2D eigenvalue weighted by Gasteiger charge is 2.13. The molecular formula is C14H22ClNO2. The molecule has 1 unspecified atom stereocenters. The van der Waals surface area contributed by atoms with E-state index in [1.165, 1.54) is 0 Å². The summed E-state index contributed by atoms with van der Waals surface area (Å²) in [6, 6.07) is 5.78. The van der Waals surface area contributed by atoms with Gasteiger partial charge in [0.2, 0.25) is 0 Å². The van der Waals surface area contributed by atoms with E-state index in [1.807, 2.05) is 45.9 Å². The fourth-order valence-corrected chi connectivity index (χ4v) is 1.70. The quantitative estimate of drug-likeness (QED) is 0.864. The van der Waals surface area contributed by atoms with Crippen molar-refractivity contribution in [2.45, 2.75) is 39.4 Å². The molecule has 1 atom stereocenters. The second-order valence-electron chi connectivity index (χ2n) is 5.44. The minimum atomic E-state index is -0.554. The maximum Gasteiger partial charge on any atom is 0.0945 e. The monoisotopic (exact) mass is 271 g/mol. The smallest absolute Gasteiger partial charge is 0.0945 e. The fourth-order valence-electron chi connectivity index (χ4n) is 1.40. The lowest BCUT2D eigenvalue weighted by atomic mass is 10.2. The molecule has 4 heteroatoms. The van der Waals surface area contributed by atoms with E-state index in [9.17, 15) is 5.11 Å². The van der Waals surface area contributed by atoms with Gasteiger partial charge in [0.05, 0.1) is 29.0 Å². The van der Waals surface area contributed by atoms with Gasteiger partial charge in [-0.1, -0.05) is 17.7 Å². The van der Waals surface area contributed by atoms with Crippen LogP contribution in [0.4, 0.5) is 5.69 Å². The van der Waals surface area contributed by atoms with E-state index in [-0.39, 0.29) is 5.60 Å². The molecule has 1 rings (SSSR count). The number of hydrogen-bond acceptors (Lipinski definition) is 3. The molecule has 0 aliphatic rings. The minimum Gasteiger partial charge on any atom is -0.389 e. The standard InChI is InChI=1S/C14H22ClNO2/c1-10-5-6-13(12(15)7-10)16-8-11(17)9-18-14(2,3)4/h5-7,11,16-17H,8-9H2,1-4H3. The molecule has 2 N–H and O–H groups in total. The van der Waals surface area contributed by atoms with Gasteiger partial charge in [-0.05, 0) is 45.4 Å². The molecule has 0 aliphatic heterocycles. The number of halogens is 1. The molecule has 0 aromatic heterocycles. The highest BCUT2D eigenvalue weighted by molar-refractivity contribution is 6.33. The summed E-state index contributed by atoms with van der Waals surface area (Å²) < 4.78 is 5.51. The summed E-state index contributed by atoms with van der Waals surface area (Å²) in [5, 5.41) is 13.6. The number of aryl methyl sites for hydroxylation is 1. The number of aliphatic hydroxyl groups excluding tert-OH is 1. The van der Waals surface area contributed by atoms with Crippen LogP contribution in [0.15, 0.2) is 18.2 Å². The Labute approximate surface area is 114 Å². The van der Waals surface area contributed by atoms with Crippen molar-refractivity contribution in [1.82, 2.24) is 0 Å². The first-order valence-electron chi connectivity index (χ1n) is 6.10. The van der Waals surface area contributed by atoms with Crippen LogP contribution in [0.2, 0.25) is 5.02 Å². The summed E-state index contributed by atoms with van der Waals surface area (Å²) in [7, 11) is 0. The highest BCUT2D eigenvalue weighted by atomic mass is 35.5. The van der Waals surface area contributed by atoms with E-state index >= 15 is 0 Å². The van der Waals surface area contributed by atoms with Crippen LogP contribution in [-0.2, 0) is 4.74 Å². The topological polar surface area (TPSA) is 41.5 Å². The molecule has 0 amide bonds. The van der Waals surface area contributed by atoms with Crippen molar-refractivity contribution in [2.75, 3.05) is 18.5 Å². The Morgan fingerprint density at radius 2 is 2.06 bits per heavy atom. The Kier molecular flexibility index (Phi) is 5.45. The number of benzene rings is 1. The minimum absolute atomic E-state index is 0.234. The summed E-state index contributed by atoms with van der Waals surface area (Å²) in [6.45, 7) is 8.60. The third-order valence-corrected chi connectivity index (χ3v) is 2.67. The van der Waals surface area contributed by atoms with Crippen molar-refractivity contribution in [2.24, 2.45) is 0 Å². The molecule has 3 nitrogen and oxygen atoms in total. The zero-order valence-corrected chi connectivity index (χ0v) is 12.2. The van der Waals surface area contributed by atoms with E-state index in [0.717, 1.165) is 11.3 Å². The van der Waals surface area contributed by atoms with Crippen molar-refractivity contribution in [3.63, 3.8) is 0 Å². The second-order valence-corrected chi connectivity index (χ2v) is 5.85. The summed E-state index contributed by atoms with van der Waals surface area (Å²) in [6.07, 6.45) is -0.554. The first kappa shape index (κ1) is 15.3. The Hall–Kier alpha value is -0.770. The molecule has 18 heavy (non-hydrogen) atoms. The van der Waals surface area contributed by atoms with Gasteiger partial charge in [-0.25, -0.2) is 0 Å². The number of nitrogens with one attached hydrogen (secondary N) is 1. The first-order valence-corrected chi connectivity index (χ1v) is 6.48. The van der Waals surface area contributed by atoms with E-state index in [2.05, 4.69) is 5.32 Å². The van der Waals surface area contributed by atoms with Crippen LogP contribution in [0.1, 0.15) is 26.3 Å². The number of aliphatic hydroxyl groups is 1. The Morgan fingerprint density at radius 1 is 1.39 bits per heavy atom. The van der Waals surface area contributed by atoms with Gasteiger partial charge in [-0.15, -0.1) is 0 Å². The maximum atomic E-state index is 9.79. The van der Waals surface area contributed by atoms with Crippen LogP contribution in [0.5, 0.6) is 0 Å². The highest BCUT2D eigenvalue weighted by Crippen LogP contribution is 2.22. The molecule has 1 aromatic rings. The van der Waals surface area contributed by atoms with Gasteiger partial charge in [0.1, 0.15) is 0 Å². The second kappa shape index (κ2) is 6.41. The van der Waals surface area contributed by atoms with Crippen molar-refractivity contribution in [3.8, 4) is 0 Å². The van der Waals surface area contributed by atoms with Gasteiger partial charge in [-0.3, -0.25) is 0 Å². The van der Waals surface area contributed by atoms with Gasteiger partial charge < -0.3 is 15.2 Å². The average molecular weight is 272 g/mol. The zero-order chi connectivity index (χ0) is 13.8. The molecule has 0 radical (unpaired) electrons. The summed E-state index contributed by atoms with van der Waals surface area (Å²) in [5.74, 6) is 0. The predicted molar refractivity (Wildman–Crippen MR) is 76.4 cm³/mol. The Bertz CT molecular complexity index is 388. The maximum absolute atomic E-state index is 9.79. The van der Waals surface area contributed by atoms with E-state index in [1.54, 1.807) is 0 Å². The third-order valence-electron chi connectivity index (χ3n) is 2.36. The van der Waals surface area contributed by atoms with Crippen LogP contribution in [0.3, 0.4) is 0 Å². The molecule has 0 saturated heterocycles. The van der Waals surface area contributed by atoms with Crippen LogP contribution in [-0.4, -0.2) is 30.0 Å². The van der Waals surface area contributed by atoms with Gasteiger partial charge >= 0.3 is 0 Å². The largest absolute Gasteiger partial charge is 0.389 e. The lowest BCUT2D eigenvalue weighted by Gasteiger charge is -2.22. The summed E-state index contributed by atoms with van der Waals surface area (Å²) in [4.78, 5) is 0. The Balaban J connectivity index is 2.40. The van der Waals surface area contributed by atoms with E-state index in [0.29, 0.717) is 18.2 Å². The fraction of sp³-hybridized carbons (Fsp3) is 0.571. The zero-order valence-electron chi connectivity index (χ0n) is 11.5. The van der Waals surface area contributed by atoms with Crippen LogP contribution in [0.25, 0.3) is 0 Å². The molecule has 0 aliphatic carbocycles. The van der Waals surface area contributed by atoms with Gasteiger partial charge in [0, 0.05) is 6.54 Å². The number of ether oxygens (including phenoxy) is 1. The number of hydrogen-bond donors (Lipinski definition) is 2. The SMILES string of the molecule is Cc1ccc(NCC(O)COC(C)(C)C)c(Cl)c1. The van der Waals surface area contributed by atoms with Gasteiger partial charge in [-0.2, -0.15) is 0 Å². The Morgan fingerprint density at radius 3 is 2.61 bits per heavy atom. The molecule has 102 valence electrons. The molecule has 0 heterocycles. The lowest BCUT2D eigenvalue weighted by Crippen LogP contribution is -2.30. The van der Waals surface area contributed by atoms with Gasteiger partial charge in [0.25, 0.3) is 0 Å². The van der Waals surface area contributed by atoms with Crippen molar-refractivity contribution in [3.05, 3.63) is 28.8 Å². The van der Waals surface area contributed by atoms with Crippen LogP contribution >= 0.6 is 11.6 Å². The number of rotatable bonds is 5. The van der Waals surface area contributed by atoms with E-state index < -0.39 is 6.10 Å². The van der Waals surface area contributed by atoms with Crippen molar-refractivity contribution in [1.29, 1.82) is 0 Å². The molecule has 0 bridgehead atoms. The predicted octanol–water partition coefficient (Wildman–Crippen LogP) is 3.24. The van der Waals surface area contributed by atoms with Crippen molar-refractivity contribution < 1.29 is 9.84 Å².